The molecule has 5 heteroatoms. The van der Waals surface area contributed by atoms with Crippen LogP contribution >= 0.6 is 0 Å². The smallest absolute Gasteiger partial charge is 0.339 e. The second-order valence-corrected chi connectivity index (χ2v) is 7.79. The topological polar surface area (TPSA) is 59.8 Å². The van der Waals surface area contributed by atoms with Gasteiger partial charge in [-0.2, -0.15) is 0 Å². The van der Waals surface area contributed by atoms with E-state index in [0.717, 1.165) is 68.0 Å². The van der Waals surface area contributed by atoms with E-state index in [-0.39, 0.29) is 24.2 Å². The van der Waals surface area contributed by atoms with E-state index in [9.17, 15) is 9.59 Å². The van der Waals surface area contributed by atoms with Gasteiger partial charge in [0.15, 0.2) is 6.61 Å². The van der Waals surface area contributed by atoms with Crippen molar-refractivity contribution < 1.29 is 13.9 Å². The highest BCUT2D eigenvalue weighted by Gasteiger charge is 2.23. The number of nitrogens with zero attached hydrogens (tertiary/aromatic N) is 1. The normalized spacial score (nSPS) is 20.2. The van der Waals surface area contributed by atoms with Crippen LogP contribution < -0.4 is 10.4 Å². The van der Waals surface area contributed by atoms with E-state index in [1.807, 2.05) is 17.0 Å². The summed E-state index contributed by atoms with van der Waals surface area (Å²) < 4.78 is 11.3. The SMILES string of the molecule is C[C@@H]1CCCCN1C(=O)COc1ccc2c3c(c(=O)oc2c1)CCCCC3. The van der Waals surface area contributed by atoms with Crippen molar-refractivity contribution in [3.8, 4) is 5.75 Å². The zero-order valence-corrected chi connectivity index (χ0v) is 16.0. The number of fused-ring (bicyclic) bond motifs is 3. The van der Waals surface area contributed by atoms with Crippen LogP contribution in [0.2, 0.25) is 0 Å². The first-order chi connectivity index (χ1) is 13.1. The Kier molecular flexibility index (Phi) is 5.19. The van der Waals surface area contributed by atoms with Crippen LogP contribution in [0.15, 0.2) is 27.4 Å². The van der Waals surface area contributed by atoms with Gasteiger partial charge in [0.1, 0.15) is 11.3 Å². The second kappa shape index (κ2) is 7.75. The molecule has 2 aromatic rings. The lowest BCUT2D eigenvalue weighted by Crippen LogP contribution is -2.44. The van der Waals surface area contributed by atoms with Crippen LogP contribution in [0.3, 0.4) is 0 Å². The summed E-state index contributed by atoms with van der Waals surface area (Å²) in [6.07, 6.45) is 8.30. The third kappa shape index (κ3) is 3.73. The van der Waals surface area contributed by atoms with Crippen molar-refractivity contribution in [3.05, 3.63) is 39.7 Å². The molecule has 1 amide bonds. The van der Waals surface area contributed by atoms with Crippen LogP contribution in [0.1, 0.15) is 56.6 Å². The number of carbonyl (C=O) groups excluding carboxylic acids is 1. The van der Waals surface area contributed by atoms with Crippen molar-refractivity contribution in [3.63, 3.8) is 0 Å². The molecule has 2 heterocycles. The molecule has 0 radical (unpaired) electrons. The van der Waals surface area contributed by atoms with Crippen LogP contribution in [-0.2, 0) is 17.6 Å². The Morgan fingerprint density at radius 1 is 1.15 bits per heavy atom. The molecule has 1 atom stereocenters. The van der Waals surface area contributed by atoms with Crippen molar-refractivity contribution in [1.29, 1.82) is 0 Å². The van der Waals surface area contributed by atoms with Crippen LogP contribution in [0.4, 0.5) is 0 Å². The molecule has 0 unspecified atom stereocenters. The molecule has 1 aromatic heterocycles. The number of ether oxygens (including phenoxy) is 1. The highest BCUT2D eigenvalue weighted by molar-refractivity contribution is 5.83. The van der Waals surface area contributed by atoms with Crippen LogP contribution in [0, 0.1) is 0 Å². The van der Waals surface area contributed by atoms with Gasteiger partial charge >= 0.3 is 5.63 Å². The Hall–Kier alpha value is -2.30. The predicted octanol–water partition coefficient (Wildman–Crippen LogP) is 3.84. The minimum absolute atomic E-state index is 0.0189. The first-order valence-electron chi connectivity index (χ1n) is 10.1. The standard InChI is InChI=1S/C22H27NO4/c1-15-7-5-6-12-23(15)21(24)14-26-16-10-11-18-17-8-3-2-4-9-19(17)22(25)27-20(18)13-16/h10-11,13,15H,2-9,12,14H2,1H3/t15-/m1/s1. The Balaban J connectivity index is 1.53. The van der Waals surface area contributed by atoms with Crippen LogP contribution in [-0.4, -0.2) is 30.0 Å². The van der Waals surface area contributed by atoms with Gasteiger partial charge in [-0.1, -0.05) is 6.42 Å². The van der Waals surface area contributed by atoms with Gasteiger partial charge in [-0.15, -0.1) is 0 Å². The van der Waals surface area contributed by atoms with Crippen molar-refractivity contribution >= 4 is 16.9 Å². The summed E-state index contributed by atoms with van der Waals surface area (Å²) in [6.45, 7) is 2.92. The average molecular weight is 369 g/mol. The van der Waals surface area contributed by atoms with E-state index >= 15 is 0 Å². The fourth-order valence-electron chi connectivity index (χ4n) is 4.39. The molecule has 1 aromatic carbocycles. The molecule has 27 heavy (non-hydrogen) atoms. The number of rotatable bonds is 3. The molecular formula is C22H27NO4. The third-order valence-corrected chi connectivity index (χ3v) is 5.93. The molecule has 0 saturated carbocycles. The number of hydrogen-bond acceptors (Lipinski definition) is 4. The zero-order valence-electron chi connectivity index (χ0n) is 16.0. The van der Waals surface area contributed by atoms with E-state index in [1.54, 1.807) is 6.07 Å². The number of benzene rings is 1. The van der Waals surface area contributed by atoms with E-state index in [2.05, 4.69) is 6.92 Å². The summed E-state index contributed by atoms with van der Waals surface area (Å²) in [5, 5.41) is 0.995. The molecule has 144 valence electrons. The van der Waals surface area contributed by atoms with E-state index < -0.39 is 0 Å². The van der Waals surface area contributed by atoms with Gasteiger partial charge in [0.25, 0.3) is 5.91 Å². The molecular weight excluding hydrogens is 342 g/mol. The Bertz CT molecular complexity index is 901. The summed E-state index contributed by atoms with van der Waals surface area (Å²) >= 11 is 0. The third-order valence-electron chi connectivity index (χ3n) is 5.93. The highest BCUT2D eigenvalue weighted by atomic mass is 16.5. The van der Waals surface area contributed by atoms with Gasteiger partial charge in [0, 0.05) is 29.6 Å². The summed E-state index contributed by atoms with van der Waals surface area (Å²) in [5.41, 5.74) is 2.29. The van der Waals surface area contributed by atoms with E-state index in [0.29, 0.717) is 11.3 Å². The lowest BCUT2D eigenvalue weighted by Gasteiger charge is -2.33. The fraction of sp³-hybridized carbons (Fsp3) is 0.545. The monoisotopic (exact) mass is 369 g/mol. The zero-order chi connectivity index (χ0) is 18.8. The number of amides is 1. The Morgan fingerprint density at radius 3 is 2.78 bits per heavy atom. The first-order valence-corrected chi connectivity index (χ1v) is 10.1. The van der Waals surface area contributed by atoms with E-state index in [4.69, 9.17) is 9.15 Å². The first kappa shape index (κ1) is 18.1. The number of piperidine rings is 1. The number of likely N-dealkylation sites (tertiary alicyclic amines) is 1. The summed E-state index contributed by atoms with van der Waals surface area (Å²) in [5.74, 6) is 0.586. The van der Waals surface area contributed by atoms with Gasteiger partial charge in [-0.05, 0) is 69.6 Å². The van der Waals surface area contributed by atoms with Crippen LogP contribution in [0.5, 0.6) is 5.75 Å². The summed E-state index contributed by atoms with van der Waals surface area (Å²) in [7, 11) is 0. The molecule has 1 aliphatic carbocycles. The predicted molar refractivity (Wildman–Crippen MR) is 104 cm³/mol. The Morgan fingerprint density at radius 2 is 1.96 bits per heavy atom. The van der Waals surface area contributed by atoms with Crippen molar-refractivity contribution in [2.75, 3.05) is 13.2 Å². The quantitative estimate of drug-likeness (QED) is 0.609. The minimum Gasteiger partial charge on any atom is -0.484 e. The molecule has 0 bridgehead atoms. The van der Waals surface area contributed by atoms with Crippen LogP contribution in [0.25, 0.3) is 11.0 Å². The van der Waals surface area contributed by atoms with Gasteiger partial charge in [0.2, 0.25) is 0 Å². The maximum atomic E-state index is 12.5. The van der Waals surface area contributed by atoms with Crippen molar-refractivity contribution in [1.82, 2.24) is 4.90 Å². The lowest BCUT2D eigenvalue weighted by atomic mass is 10.0. The molecule has 0 N–H and O–H groups in total. The minimum atomic E-state index is -0.227. The average Bonchev–Trinajstić information content (AvgIpc) is 2.93. The molecule has 0 spiro atoms. The lowest BCUT2D eigenvalue weighted by molar-refractivity contribution is -0.136. The largest absolute Gasteiger partial charge is 0.484 e. The number of aryl methyl sites for hydroxylation is 1. The van der Waals surface area contributed by atoms with Gasteiger partial charge < -0.3 is 14.1 Å². The molecule has 5 nitrogen and oxygen atoms in total. The van der Waals surface area contributed by atoms with Crippen molar-refractivity contribution in [2.45, 2.75) is 64.3 Å². The fourth-order valence-corrected chi connectivity index (χ4v) is 4.39. The molecule has 2 aliphatic rings. The summed E-state index contributed by atoms with van der Waals surface area (Å²) in [6, 6.07) is 5.86. The van der Waals surface area contributed by atoms with Gasteiger partial charge in [-0.25, -0.2) is 4.79 Å². The number of hydrogen-bond donors (Lipinski definition) is 0. The highest BCUT2D eigenvalue weighted by Crippen LogP contribution is 2.28. The number of carbonyl (C=O) groups is 1. The summed E-state index contributed by atoms with van der Waals surface area (Å²) in [4.78, 5) is 26.7. The molecule has 1 saturated heterocycles. The molecule has 4 rings (SSSR count). The van der Waals surface area contributed by atoms with Gasteiger partial charge in [0.05, 0.1) is 0 Å². The maximum absolute atomic E-state index is 12.5. The maximum Gasteiger partial charge on any atom is 0.339 e. The molecule has 1 aliphatic heterocycles. The van der Waals surface area contributed by atoms with E-state index in [1.165, 1.54) is 6.42 Å². The van der Waals surface area contributed by atoms with Crippen molar-refractivity contribution in [2.24, 2.45) is 0 Å². The Labute approximate surface area is 159 Å². The second-order valence-electron chi connectivity index (χ2n) is 7.79. The molecule has 1 fully saturated rings. The van der Waals surface area contributed by atoms with Gasteiger partial charge in [-0.3, -0.25) is 4.79 Å².